The summed E-state index contributed by atoms with van der Waals surface area (Å²) in [5, 5.41) is 9.49. The second kappa shape index (κ2) is 15.6. The van der Waals surface area contributed by atoms with Crippen LogP contribution in [0.25, 0.3) is 81.9 Å². The van der Waals surface area contributed by atoms with Crippen molar-refractivity contribution < 1.29 is 4.42 Å². The number of furan rings is 1. The average molecular weight is 904 g/mol. The predicted octanol–water partition coefficient (Wildman–Crippen LogP) is 19.1. The van der Waals surface area contributed by atoms with Gasteiger partial charge < -0.3 is 18.6 Å². The van der Waals surface area contributed by atoms with E-state index in [0.29, 0.717) is 0 Å². The van der Waals surface area contributed by atoms with Gasteiger partial charge in [0.25, 0.3) is 0 Å². The minimum atomic E-state index is -0.000177. The molecule has 0 atom stereocenters. The van der Waals surface area contributed by atoms with Crippen molar-refractivity contribution in [2.24, 2.45) is 0 Å². The molecule has 0 aliphatic rings. The minimum absolute atomic E-state index is 0.000177. The van der Waals surface area contributed by atoms with Gasteiger partial charge in [0, 0.05) is 77.9 Å². The highest BCUT2D eigenvalue weighted by atomic mass is 16.3. The number of benzene rings is 10. The quantitative estimate of drug-likeness (QED) is 0.159. The number of hydrogen-bond donors (Lipinski definition) is 0. The van der Waals surface area contributed by atoms with Gasteiger partial charge in [-0.3, -0.25) is 0 Å². The second-order valence-corrected chi connectivity index (χ2v) is 21.1. The molecule has 10 aromatic carbocycles. The molecule has 0 fully saturated rings. The molecule has 0 amide bonds. The van der Waals surface area contributed by atoms with Crippen LogP contribution in [0.2, 0.25) is 0 Å². The van der Waals surface area contributed by atoms with Gasteiger partial charge in [-0.1, -0.05) is 151 Å². The van der Waals surface area contributed by atoms with E-state index in [9.17, 15) is 0 Å². The van der Waals surface area contributed by atoms with E-state index in [1.54, 1.807) is 0 Å². The fourth-order valence-electron chi connectivity index (χ4n) is 10.9. The van der Waals surface area contributed by atoms with Gasteiger partial charge in [0.2, 0.25) is 0 Å². The second-order valence-electron chi connectivity index (χ2n) is 21.1. The van der Waals surface area contributed by atoms with E-state index in [2.05, 4.69) is 268 Å². The van der Waals surface area contributed by atoms with Gasteiger partial charge in [-0.2, -0.15) is 0 Å². The van der Waals surface area contributed by atoms with Crippen molar-refractivity contribution in [3.05, 3.63) is 223 Å². The van der Waals surface area contributed by atoms with Crippen LogP contribution in [0.15, 0.2) is 217 Å². The molecule has 0 saturated heterocycles. The first-order valence-corrected chi connectivity index (χ1v) is 24.5. The van der Waals surface area contributed by atoms with E-state index in [-0.39, 0.29) is 10.8 Å². The third-order valence-electron chi connectivity index (χ3n) is 14.5. The summed E-state index contributed by atoms with van der Waals surface area (Å²) in [6.45, 7) is 13.7. The highest BCUT2D eigenvalue weighted by molar-refractivity contribution is 6.29. The zero-order valence-corrected chi connectivity index (χ0v) is 40.5. The predicted molar refractivity (Wildman–Crippen MR) is 298 cm³/mol. The Kier molecular flexibility index (Phi) is 9.32. The number of fused-ring (bicyclic) bond motifs is 11. The first kappa shape index (κ1) is 41.8. The van der Waals surface area contributed by atoms with Crippen LogP contribution < -0.4 is 9.80 Å². The molecule has 0 aliphatic carbocycles. The summed E-state index contributed by atoms with van der Waals surface area (Å²) < 4.78 is 9.54. The summed E-state index contributed by atoms with van der Waals surface area (Å²) in [5.41, 5.74) is 17.0. The van der Waals surface area contributed by atoms with E-state index in [1.165, 1.54) is 65.7 Å². The molecule has 4 heteroatoms. The lowest BCUT2D eigenvalue weighted by atomic mass is 9.87. The molecule has 0 radical (unpaired) electrons. The van der Waals surface area contributed by atoms with Crippen molar-refractivity contribution >= 4 is 105 Å². The van der Waals surface area contributed by atoms with E-state index in [1.807, 2.05) is 0 Å². The van der Waals surface area contributed by atoms with Gasteiger partial charge in [-0.15, -0.1) is 0 Å². The summed E-state index contributed by atoms with van der Waals surface area (Å²) in [6.07, 6.45) is 0. The summed E-state index contributed by atoms with van der Waals surface area (Å²) in [7, 11) is 0. The highest BCUT2D eigenvalue weighted by Gasteiger charge is 2.25. The van der Waals surface area contributed by atoms with Crippen molar-refractivity contribution in [1.29, 1.82) is 0 Å². The Bertz CT molecular complexity index is 4130. The summed E-state index contributed by atoms with van der Waals surface area (Å²) in [5.74, 6) is 0. The van der Waals surface area contributed by atoms with Crippen molar-refractivity contribution in [3.8, 4) is 11.1 Å². The van der Waals surface area contributed by atoms with Crippen LogP contribution in [0.5, 0.6) is 0 Å². The van der Waals surface area contributed by atoms with Gasteiger partial charge in [-0.25, -0.2) is 0 Å². The Morgan fingerprint density at radius 2 is 0.814 bits per heavy atom. The topological polar surface area (TPSA) is 24.0 Å². The van der Waals surface area contributed by atoms with Crippen LogP contribution in [0.4, 0.5) is 34.1 Å². The number of para-hydroxylation sites is 2. The molecule has 338 valence electrons. The minimum Gasteiger partial charge on any atom is -0.456 e. The molecule has 0 N–H and O–H groups in total. The molecule has 13 rings (SSSR count). The Hall–Kier alpha value is -8.34. The van der Waals surface area contributed by atoms with Gasteiger partial charge >= 0.3 is 0 Å². The maximum atomic E-state index is 7.00. The highest BCUT2D eigenvalue weighted by Crippen LogP contribution is 2.48. The van der Waals surface area contributed by atoms with Gasteiger partial charge in [0.05, 0.1) is 16.6 Å². The molecule has 0 aliphatic heterocycles. The first-order chi connectivity index (χ1) is 34.0. The Balaban J connectivity index is 1.05. The lowest BCUT2D eigenvalue weighted by Gasteiger charge is -2.28. The number of rotatable bonds is 7. The van der Waals surface area contributed by atoms with Crippen molar-refractivity contribution in [3.63, 3.8) is 0 Å². The molecule has 4 nitrogen and oxygen atoms in total. The zero-order chi connectivity index (χ0) is 47.5. The van der Waals surface area contributed by atoms with E-state index in [0.717, 1.165) is 61.4 Å². The number of anilines is 6. The molecule has 3 aromatic heterocycles. The van der Waals surface area contributed by atoms with Gasteiger partial charge in [-0.05, 0) is 136 Å². The van der Waals surface area contributed by atoms with Crippen LogP contribution in [-0.4, -0.2) is 4.40 Å². The van der Waals surface area contributed by atoms with Crippen molar-refractivity contribution in [1.82, 2.24) is 4.40 Å². The van der Waals surface area contributed by atoms with E-state index < -0.39 is 0 Å². The van der Waals surface area contributed by atoms with Crippen LogP contribution in [0.3, 0.4) is 0 Å². The lowest BCUT2D eigenvalue weighted by molar-refractivity contribution is 0.590. The summed E-state index contributed by atoms with van der Waals surface area (Å²) in [4.78, 5) is 4.74. The Labute approximate surface area is 408 Å². The Morgan fingerprint density at radius 1 is 0.329 bits per heavy atom. The number of nitrogens with zero attached hydrogens (tertiary/aromatic N) is 3. The van der Waals surface area contributed by atoms with E-state index in [4.69, 9.17) is 4.42 Å². The molecule has 70 heavy (non-hydrogen) atoms. The van der Waals surface area contributed by atoms with E-state index >= 15 is 0 Å². The third kappa shape index (κ3) is 6.73. The Morgan fingerprint density at radius 3 is 1.41 bits per heavy atom. The van der Waals surface area contributed by atoms with Crippen LogP contribution in [0, 0.1) is 0 Å². The smallest absolute Gasteiger partial charge is 0.137 e. The van der Waals surface area contributed by atoms with Crippen LogP contribution in [-0.2, 0) is 10.8 Å². The molecule has 0 spiro atoms. The maximum absolute atomic E-state index is 7.00. The van der Waals surface area contributed by atoms with Crippen LogP contribution in [0.1, 0.15) is 52.7 Å². The zero-order valence-electron chi connectivity index (χ0n) is 40.5. The number of hydrogen-bond acceptors (Lipinski definition) is 3. The standard InChI is InChI=1S/C66H53N3O/c1-65(2,3)45-20-16-26-49(37-45)67(47-22-12-8-13-23-47)51-29-32-53-58-35-44(42-18-10-7-11-19-42)36-59-55-31-28-43-34-57-54-33-30-52(40-61(54)70-62(57)41-56(43)63(55)69(64(58)59)60(53)39-51)68(48-24-14-9-15-25-48)50-27-17-21-46(38-50)66(4,5)6/h7-41H,1-6H3. The largest absolute Gasteiger partial charge is 0.456 e. The fraction of sp³-hybridized carbons (Fsp3) is 0.121. The average Bonchev–Trinajstić information content (AvgIpc) is 4.02. The SMILES string of the molecule is CC(C)(C)c1cccc(N(c2ccccc2)c2ccc3c(c2)oc2cc4c(ccc5c6cc(-c7ccccc7)cc7c8ccc(N(c9ccccc9)c9cccc(C(C)(C)C)c9)cc8n(c45)c76)cc23)c1. The molecule has 0 unspecified atom stereocenters. The maximum Gasteiger partial charge on any atom is 0.137 e. The molecular weight excluding hydrogens is 851 g/mol. The monoisotopic (exact) mass is 903 g/mol. The first-order valence-electron chi connectivity index (χ1n) is 24.5. The fourth-order valence-corrected chi connectivity index (χ4v) is 10.9. The molecular formula is C66H53N3O. The van der Waals surface area contributed by atoms with Crippen molar-refractivity contribution in [2.75, 3.05) is 9.80 Å². The molecule has 13 aromatic rings. The van der Waals surface area contributed by atoms with Gasteiger partial charge in [0.1, 0.15) is 11.2 Å². The third-order valence-corrected chi connectivity index (χ3v) is 14.5. The molecule has 0 saturated carbocycles. The number of aromatic nitrogens is 1. The van der Waals surface area contributed by atoms with Crippen molar-refractivity contribution in [2.45, 2.75) is 52.4 Å². The lowest BCUT2D eigenvalue weighted by Crippen LogP contribution is -2.14. The molecule has 0 bridgehead atoms. The molecule has 3 heterocycles. The normalized spacial score (nSPS) is 12.4. The summed E-state index contributed by atoms with van der Waals surface area (Å²) >= 11 is 0. The summed E-state index contributed by atoms with van der Waals surface area (Å²) in [6, 6.07) is 78.0. The van der Waals surface area contributed by atoms with Gasteiger partial charge in [0.15, 0.2) is 0 Å². The van der Waals surface area contributed by atoms with Crippen LogP contribution >= 0.6 is 0 Å².